The first-order valence-corrected chi connectivity index (χ1v) is 12.9. The van der Waals surface area contributed by atoms with Crippen molar-refractivity contribution in [2.45, 2.75) is 26.4 Å². The molecule has 1 aromatic heterocycles. The van der Waals surface area contributed by atoms with Crippen molar-refractivity contribution in [3.05, 3.63) is 108 Å². The van der Waals surface area contributed by atoms with Crippen molar-refractivity contribution < 1.29 is 19.1 Å². The summed E-state index contributed by atoms with van der Waals surface area (Å²) in [6, 6.07) is 22.0. The fraction of sp³-hybridized carbons (Fsp3) is 0.281. The van der Waals surface area contributed by atoms with Crippen molar-refractivity contribution in [2.75, 3.05) is 33.8 Å². The maximum Gasteiger partial charge on any atom is 0.410 e. The van der Waals surface area contributed by atoms with Crippen LogP contribution in [0.5, 0.6) is 5.75 Å². The predicted octanol–water partition coefficient (Wildman–Crippen LogP) is 5.93. The Morgan fingerprint density at radius 3 is 2.15 bits per heavy atom. The van der Waals surface area contributed by atoms with E-state index in [1.165, 1.54) is 15.9 Å². The summed E-state index contributed by atoms with van der Waals surface area (Å²) >= 11 is 0. The van der Waals surface area contributed by atoms with Crippen LogP contribution in [0.4, 0.5) is 4.79 Å². The Bertz CT molecular complexity index is 1260. The summed E-state index contributed by atoms with van der Waals surface area (Å²) in [6.07, 6.45) is 8.36. The Balaban J connectivity index is 1.69. The summed E-state index contributed by atoms with van der Waals surface area (Å²) in [5.74, 6) is 0.540. The first kappa shape index (κ1) is 29.2. The van der Waals surface area contributed by atoms with Crippen molar-refractivity contribution in [3.8, 4) is 5.75 Å². The average Bonchev–Trinajstić information content (AvgIpc) is 2.91. The number of amides is 2. The number of likely N-dealkylation sites (N-methyl/N-ethyl adjacent to an activating group) is 1. The van der Waals surface area contributed by atoms with Gasteiger partial charge in [0.05, 0.1) is 6.54 Å². The summed E-state index contributed by atoms with van der Waals surface area (Å²) in [6.45, 7) is 6.26. The molecule has 0 bridgehead atoms. The third-order valence-corrected chi connectivity index (χ3v) is 5.58. The minimum absolute atomic E-state index is 0.150. The highest BCUT2D eigenvalue weighted by Gasteiger charge is 2.21. The number of benzene rings is 2. The number of pyridine rings is 1. The van der Waals surface area contributed by atoms with Crippen LogP contribution in [-0.2, 0) is 9.53 Å². The predicted molar refractivity (Wildman–Crippen MR) is 155 cm³/mol. The van der Waals surface area contributed by atoms with E-state index in [4.69, 9.17) is 9.47 Å². The van der Waals surface area contributed by atoms with E-state index >= 15 is 0 Å². The molecule has 0 saturated heterocycles. The Kier molecular flexibility index (Phi) is 10.4. The van der Waals surface area contributed by atoms with Gasteiger partial charge in [-0.05, 0) is 73.4 Å². The van der Waals surface area contributed by atoms with E-state index in [1.807, 2.05) is 75.4 Å². The van der Waals surface area contributed by atoms with Crippen LogP contribution in [0.25, 0.3) is 11.6 Å². The second-order valence-corrected chi connectivity index (χ2v) is 10.1. The smallest absolute Gasteiger partial charge is 0.410 e. The molecule has 0 atom stereocenters. The molecular weight excluding hydrogens is 490 g/mol. The van der Waals surface area contributed by atoms with Gasteiger partial charge in [0.1, 0.15) is 18.0 Å². The summed E-state index contributed by atoms with van der Waals surface area (Å²) in [5.41, 5.74) is 3.66. The third-order valence-electron chi connectivity index (χ3n) is 5.58. The molecule has 3 aromatic rings. The van der Waals surface area contributed by atoms with Crippen LogP contribution in [0, 0.1) is 0 Å². The highest BCUT2D eigenvalue weighted by atomic mass is 16.6. The Labute approximate surface area is 231 Å². The lowest BCUT2D eigenvalue weighted by atomic mass is 9.96. The molecule has 0 aliphatic rings. The van der Waals surface area contributed by atoms with Crippen LogP contribution in [0.1, 0.15) is 37.5 Å². The van der Waals surface area contributed by atoms with Crippen molar-refractivity contribution in [1.82, 2.24) is 14.8 Å². The quantitative estimate of drug-likeness (QED) is 0.241. The van der Waals surface area contributed by atoms with Crippen molar-refractivity contribution in [1.29, 1.82) is 0 Å². The summed E-state index contributed by atoms with van der Waals surface area (Å²) in [5, 5.41) is 0. The van der Waals surface area contributed by atoms with Crippen LogP contribution in [0.15, 0.2) is 91.3 Å². The average molecular weight is 528 g/mol. The van der Waals surface area contributed by atoms with Gasteiger partial charge in [-0.2, -0.15) is 0 Å². The van der Waals surface area contributed by atoms with Crippen molar-refractivity contribution >= 4 is 23.6 Å². The first-order chi connectivity index (χ1) is 18.6. The number of carbonyl (C=O) groups is 2. The Morgan fingerprint density at radius 1 is 0.897 bits per heavy atom. The fourth-order valence-electron chi connectivity index (χ4n) is 3.60. The molecule has 2 aromatic carbocycles. The van der Waals surface area contributed by atoms with Crippen LogP contribution in [-0.4, -0.2) is 66.2 Å². The largest absolute Gasteiger partial charge is 0.492 e. The SMILES string of the molecule is CN(C)C(=O)/C=C/CN(CCOc1ccc(/C(=C\c2ccccc2)c2ccncc2)cc1)C(=O)OC(C)(C)C. The molecule has 204 valence electrons. The van der Waals surface area contributed by atoms with Gasteiger partial charge in [0.15, 0.2) is 0 Å². The molecule has 7 heteroatoms. The summed E-state index contributed by atoms with van der Waals surface area (Å²) in [7, 11) is 3.35. The Hall–Kier alpha value is -4.39. The van der Waals surface area contributed by atoms with Gasteiger partial charge in [-0.1, -0.05) is 48.5 Å². The van der Waals surface area contributed by atoms with Crippen LogP contribution < -0.4 is 4.74 Å². The highest BCUT2D eigenvalue weighted by Crippen LogP contribution is 2.27. The topological polar surface area (TPSA) is 72.0 Å². The molecule has 0 spiro atoms. The Morgan fingerprint density at radius 2 is 1.54 bits per heavy atom. The highest BCUT2D eigenvalue weighted by molar-refractivity contribution is 5.91. The van der Waals surface area contributed by atoms with Gasteiger partial charge in [0.2, 0.25) is 5.91 Å². The third kappa shape index (κ3) is 9.78. The van der Waals surface area contributed by atoms with Gasteiger partial charge in [-0.25, -0.2) is 4.79 Å². The van der Waals surface area contributed by atoms with E-state index in [0.29, 0.717) is 12.3 Å². The minimum Gasteiger partial charge on any atom is -0.492 e. The van der Waals surface area contributed by atoms with Crippen LogP contribution in [0.2, 0.25) is 0 Å². The molecule has 0 radical (unpaired) electrons. The van der Waals surface area contributed by atoms with Crippen molar-refractivity contribution in [3.63, 3.8) is 0 Å². The van der Waals surface area contributed by atoms with E-state index in [2.05, 4.69) is 23.2 Å². The zero-order valence-corrected chi connectivity index (χ0v) is 23.3. The first-order valence-electron chi connectivity index (χ1n) is 12.9. The number of rotatable bonds is 10. The second-order valence-electron chi connectivity index (χ2n) is 10.1. The van der Waals surface area contributed by atoms with Gasteiger partial charge in [-0.15, -0.1) is 0 Å². The normalized spacial score (nSPS) is 11.8. The zero-order valence-electron chi connectivity index (χ0n) is 23.3. The molecule has 3 rings (SSSR count). The molecule has 1 heterocycles. The van der Waals surface area contributed by atoms with E-state index in [9.17, 15) is 9.59 Å². The number of aromatic nitrogens is 1. The molecule has 0 N–H and O–H groups in total. The molecule has 0 unspecified atom stereocenters. The number of ether oxygens (including phenoxy) is 2. The van der Waals surface area contributed by atoms with E-state index < -0.39 is 11.7 Å². The zero-order chi connectivity index (χ0) is 28.3. The molecular formula is C32H37N3O4. The number of hydrogen-bond acceptors (Lipinski definition) is 5. The lowest BCUT2D eigenvalue weighted by Gasteiger charge is -2.26. The molecule has 0 aliphatic heterocycles. The number of nitrogens with zero attached hydrogens (tertiary/aromatic N) is 3. The van der Waals surface area contributed by atoms with E-state index in [1.54, 1.807) is 32.6 Å². The maximum atomic E-state index is 12.7. The van der Waals surface area contributed by atoms with Gasteiger partial charge in [0.25, 0.3) is 0 Å². The number of hydrogen-bond donors (Lipinski definition) is 0. The summed E-state index contributed by atoms with van der Waals surface area (Å²) in [4.78, 5) is 31.7. The molecule has 39 heavy (non-hydrogen) atoms. The lowest BCUT2D eigenvalue weighted by Crippen LogP contribution is -2.39. The summed E-state index contributed by atoms with van der Waals surface area (Å²) < 4.78 is 11.5. The van der Waals surface area contributed by atoms with Gasteiger partial charge < -0.3 is 19.3 Å². The molecule has 0 saturated carbocycles. The minimum atomic E-state index is -0.630. The standard InChI is InChI=1S/C32H37N3O4/c1-32(2,3)39-31(37)35(21-9-12-30(36)34(4)5)22-23-38-28-15-13-26(14-16-28)29(27-17-19-33-20-18-27)24-25-10-7-6-8-11-25/h6-20,24H,21-23H2,1-5H3/b12-9+,29-24+. The lowest BCUT2D eigenvalue weighted by molar-refractivity contribution is -0.123. The fourth-order valence-corrected chi connectivity index (χ4v) is 3.60. The van der Waals surface area contributed by atoms with Crippen molar-refractivity contribution in [2.24, 2.45) is 0 Å². The van der Waals surface area contributed by atoms with Gasteiger partial charge in [-0.3, -0.25) is 9.78 Å². The monoisotopic (exact) mass is 527 g/mol. The molecule has 7 nitrogen and oxygen atoms in total. The number of carbonyl (C=O) groups excluding carboxylic acids is 2. The molecule has 0 aliphatic carbocycles. The molecule has 2 amide bonds. The second kappa shape index (κ2) is 14.0. The van der Waals surface area contributed by atoms with Gasteiger partial charge >= 0.3 is 6.09 Å². The molecule has 0 fully saturated rings. The maximum absolute atomic E-state index is 12.7. The van der Waals surface area contributed by atoms with Crippen LogP contribution in [0.3, 0.4) is 0 Å². The van der Waals surface area contributed by atoms with E-state index in [0.717, 1.165) is 22.3 Å². The van der Waals surface area contributed by atoms with Crippen LogP contribution >= 0.6 is 0 Å². The van der Waals surface area contributed by atoms with E-state index in [-0.39, 0.29) is 19.1 Å². The van der Waals surface area contributed by atoms with Gasteiger partial charge in [0, 0.05) is 39.1 Å².